The van der Waals surface area contributed by atoms with Gasteiger partial charge in [0.2, 0.25) is 5.91 Å². The Morgan fingerprint density at radius 1 is 1.23 bits per heavy atom. The molecule has 2 aliphatic carbocycles. The summed E-state index contributed by atoms with van der Waals surface area (Å²) in [4.78, 5) is 33.3. The van der Waals surface area contributed by atoms with Crippen LogP contribution in [-0.2, 0) is 17.6 Å². The molecule has 1 aromatic carbocycles. The number of aryl methyl sites for hydroxylation is 2. The van der Waals surface area contributed by atoms with Gasteiger partial charge >= 0.3 is 0 Å². The summed E-state index contributed by atoms with van der Waals surface area (Å²) in [6, 6.07) is 7.28. The number of nitrogens with one attached hydrogen (secondary N) is 1. The van der Waals surface area contributed by atoms with Gasteiger partial charge in [0.05, 0.1) is 11.1 Å². The lowest BCUT2D eigenvalue weighted by atomic mass is 9.97. The van der Waals surface area contributed by atoms with Crippen LogP contribution in [0.2, 0.25) is 5.02 Å². The van der Waals surface area contributed by atoms with Crippen molar-refractivity contribution in [3.05, 3.63) is 50.1 Å². The van der Waals surface area contributed by atoms with Gasteiger partial charge in [-0.1, -0.05) is 42.3 Å². The van der Waals surface area contributed by atoms with Crippen molar-refractivity contribution in [2.24, 2.45) is 0 Å². The van der Waals surface area contributed by atoms with Gasteiger partial charge < -0.3 is 5.32 Å². The van der Waals surface area contributed by atoms with Gasteiger partial charge in [-0.25, -0.2) is 4.98 Å². The van der Waals surface area contributed by atoms with E-state index < -0.39 is 0 Å². The minimum absolute atomic E-state index is 0.0917. The molecule has 31 heavy (non-hydrogen) atoms. The fraction of sp³-hybridized carbons (Fsp3) is 0.435. The van der Waals surface area contributed by atoms with E-state index in [0.29, 0.717) is 15.9 Å². The van der Waals surface area contributed by atoms with E-state index in [1.807, 2.05) is 10.6 Å². The molecule has 0 radical (unpaired) electrons. The number of carbonyl (C=O) groups is 1. The van der Waals surface area contributed by atoms with Crippen LogP contribution in [0.25, 0.3) is 10.2 Å². The van der Waals surface area contributed by atoms with Crippen LogP contribution in [0, 0.1) is 0 Å². The maximum atomic E-state index is 13.6. The third-order valence-electron chi connectivity index (χ3n) is 6.12. The largest absolute Gasteiger partial charge is 0.325 e. The minimum atomic E-state index is -0.134. The summed E-state index contributed by atoms with van der Waals surface area (Å²) in [6.07, 6.45) is 8.62. The van der Waals surface area contributed by atoms with Gasteiger partial charge in [-0.2, -0.15) is 0 Å². The Balaban J connectivity index is 1.46. The van der Waals surface area contributed by atoms with Gasteiger partial charge in [0.1, 0.15) is 4.83 Å². The van der Waals surface area contributed by atoms with Crippen LogP contribution >= 0.6 is 34.7 Å². The molecule has 2 heterocycles. The topological polar surface area (TPSA) is 64.0 Å². The SMILES string of the molecule is O=C(CSc1nc2sc3c(c2c(=O)n1C1CCCC1)CCCC3)Nc1cccc(Cl)c1. The highest BCUT2D eigenvalue weighted by atomic mass is 35.5. The van der Waals surface area contributed by atoms with Crippen molar-refractivity contribution in [1.82, 2.24) is 9.55 Å². The lowest BCUT2D eigenvalue weighted by Gasteiger charge is -2.18. The zero-order valence-electron chi connectivity index (χ0n) is 17.2. The molecule has 1 saturated carbocycles. The standard InChI is InChI=1S/C23H24ClN3O2S2/c24-14-6-5-7-15(12-14)25-19(28)13-30-23-26-21-20(17-10-3-4-11-18(17)31-21)22(29)27(23)16-8-1-2-9-16/h5-7,12,16H,1-4,8-11,13H2,(H,25,28). The Bertz CT molecular complexity index is 1200. The molecule has 0 saturated heterocycles. The summed E-state index contributed by atoms with van der Waals surface area (Å²) < 4.78 is 1.90. The number of benzene rings is 1. The minimum Gasteiger partial charge on any atom is -0.325 e. The maximum absolute atomic E-state index is 13.6. The quantitative estimate of drug-likeness (QED) is 0.373. The third kappa shape index (κ3) is 4.28. The van der Waals surface area contributed by atoms with Crippen LogP contribution in [0.5, 0.6) is 0 Å². The summed E-state index contributed by atoms with van der Waals surface area (Å²) in [6.45, 7) is 0. The number of hydrogen-bond donors (Lipinski definition) is 1. The van der Waals surface area contributed by atoms with E-state index in [1.165, 1.54) is 28.6 Å². The molecule has 162 valence electrons. The Kier molecular flexibility index (Phi) is 6.08. The van der Waals surface area contributed by atoms with Crippen molar-refractivity contribution in [2.75, 3.05) is 11.1 Å². The Hall–Kier alpha value is -1.83. The van der Waals surface area contributed by atoms with Crippen molar-refractivity contribution in [3.8, 4) is 0 Å². The number of rotatable bonds is 5. The zero-order valence-corrected chi connectivity index (χ0v) is 19.5. The highest BCUT2D eigenvalue weighted by Gasteiger charge is 2.27. The van der Waals surface area contributed by atoms with Gasteiger partial charge in [0.25, 0.3) is 5.56 Å². The fourth-order valence-corrected chi connectivity index (χ4v) is 7.04. The van der Waals surface area contributed by atoms with Gasteiger partial charge in [0.15, 0.2) is 5.16 Å². The number of thiophene rings is 1. The molecular weight excluding hydrogens is 450 g/mol. The molecule has 3 aromatic rings. The van der Waals surface area contributed by atoms with Gasteiger partial charge in [0, 0.05) is 21.6 Å². The highest BCUT2D eigenvalue weighted by molar-refractivity contribution is 7.99. The van der Waals surface area contributed by atoms with Gasteiger partial charge in [-0.05, 0) is 62.3 Å². The molecule has 1 amide bonds. The van der Waals surface area contributed by atoms with Crippen LogP contribution in [0.1, 0.15) is 55.0 Å². The first-order chi connectivity index (χ1) is 15.1. The molecular formula is C23H24ClN3O2S2. The predicted molar refractivity (Wildman–Crippen MR) is 129 cm³/mol. The van der Waals surface area contributed by atoms with Crippen LogP contribution in [0.4, 0.5) is 5.69 Å². The first-order valence-corrected chi connectivity index (χ1v) is 13.0. The van der Waals surface area contributed by atoms with Crippen molar-refractivity contribution in [2.45, 2.75) is 62.6 Å². The van der Waals surface area contributed by atoms with Crippen molar-refractivity contribution >= 4 is 56.5 Å². The number of thioether (sulfide) groups is 1. The second kappa shape index (κ2) is 8.96. The van der Waals surface area contributed by atoms with E-state index in [-0.39, 0.29) is 23.3 Å². The molecule has 5 rings (SSSR count). The van der Waals surface area contributed by atoms with Crippen LogP contribution in [0.15, 0.2) is 34.2 Å². The number of amides is 1. The lowest BCUT2D eigenvalue weighted by Crippen LogP contribution is -2.27. The normalized spacial score (nSPS) is 16.5. The monoisotopic (exact) mass is 473 g/mol. The summed E-state index contributed by atoms with van der Waals surface area (Å²) in [5, 5.41) is 4.96. The van der Waals surface area contributed by atoms with E-state index in [9.17, 15) is 9.59 Å². The smallest absolute Gasteiger partial charge is 0.263 e. The number of nitrogens with zero attached hydrogens (tertiary/aromatic N) is 2. The van der Waals surface area contributed by atoms with E-state index in [0.717, 1.165) is 55.2 Å². The van der Waals surface area contributed by atoms with Crippen molar-refractivity contribution < 1.29 is 4.79 Å². The van der Waals surface area contributed by atoms with Crippen molar-refractivity contribution in [1.29, 1.82) is 0 Å². The third-order valence-corrected chi connectivity index (χ3v) is 8.49. The number of halogens is 1. The molecule has 1 N–H and O–H groups in total. The Morgan fingerprint density at radius 2 is 2.03 bits per heavy atom. The number of anilines is 1. The molecule has 0 bridgehead atoms. The van der Waals surface area contributed by atoms with E-state index in [1.54, 1.807) is 29.5 Å². The molecule has 8 heteroatoms. The molecule has 2 aliphatic rings. The van der Waals surface area contributed by atoms with Crippen LogP contribution < -0.4 is 10.9 Å². The summed E-state index contributed by atoms with van der Waals surface area (Å²) in [5.41, 5.74) is 1.99. The van der Waals surface area contributed by atoms with E-state index in [2.05, 4.69) is 5.32 Å². The molecule has 5 nitrogen and oxygen atoms in total. The average Bonchev–Trinajstić information content (AvgIpc) is 3.40. The van der Waals surface area contributed by atoms with Crippen LogP contribution in [-0.4, -0.2) is 21.2 Å². The Labute approximate surface area is 194 Å². The first-order valence-electron chi connectivity index (χ1n) is 10.8. The number of carbonyl (C=O) groups excluding carboxylic acids is 1. The van der Waals surface area contributed by atoms with E-state index in [4.69, 9.17) is 16.6 Å². The summed E-state index contributed by atoms with van der Waals surface area (Å²) in [7, 11) is 0. The lowest BCUT2D eigenvalue weighted by molar-refractivity contribution is -0.113. The number of hydrogen-bond acceptors (Lipinski definition) is 5. The van der Waals surface area contributed by atoms with Crippen LogP contribution in [0.3, 0.4) is 0 Å². The molecule has 0 atom stereocenters. The number of fused-ring (bicyclic) bond motifs is 3. The van der Waals surface area contributed by atoms with Crippen molar-refractivity contribution in [3.63, 3.8) is 0 Å². The first kappa shape index (κ1) is 21.0. The molecule has 1 fully saturated rings. The summed E-state index contributed by atoms with van der Waals surface area (Å²) in [5.74, 6) is 0.0625. The average molecular weight is 474 g/mol. The number of aromatic nitrogens is 2. The summed E-state index contributed by atoms with van der Waals surface area (Å²) >= 11 is 9.03. The molecule has 2 aromatic heterocycles. The Morgan fingerprint density at radius 3 is 2.84 bits per heavy atom. The fourth-order valence-electron chi connectivity index (χ4n) is 4.68. The zero-order chi connectivity index (χ0) is 21.4. The van der Waals surface area contributed by atoms with E-state index >= 15 is 0 Å². The molecule has 0 unspecified atom stereocenters. The predicted octanol–water partition coefficient (Wildman–Crippen LogP) is 5.84. The second-order valence-electron chi connectivity index (χ2n) is 8.25. The highest BCUT2D eigenvalue weighted by Crippen LogP contribution is 2.37. The molecule has 0 aliphatic heterocycles. The van der Waals surface area contributed by atoms with Gasteiger partial charge in [-0.15, -0.1) is 11.3 Å². The maximum Gasteiger partial charge on any atom is 0.263 e. The second-order valence-corrected chi connectivity index (χ2v) is 10.7. The van der Waals surface area contributed by atoms with Gasteiger partial charge in [-0.3, -0.25) is 14.2 Å². The molecule has 0 spiro atoms.